The molecule has 2 N–H and O–H groups in total. The number of rotatable bonds is 6. The summed E-state index contributed by atoms with van der Waals surface area (Å²) in [4.78, 5) is 39.3. The Balaban J connectivity index is 3.06. The largest absolute Gasteiger partial charge is 0.444 e. The summed E-state index contributed by atoms with van der Waals surface area (Å²) in [6.07, 6.45) is -0.673. The van der Waals surface area contributed by atoms with Crippen LogP contribution >= 0.6 is 0 Å². The van der Waals surface area contributed by atoms with Crippen molar-refractivity contribution >= 4 is 17.9 Å². The van der Waals surface area contributed by atoms with Gasteiger partial charge >= 0.3 is 6.09 Å². The predicted molar refractivity (Wildman–Crippen MR) is 113 cm³/mol. The molecule has 0 saturated heterocycles. The highest BCUT2D eigenvalue weighted by Gasteiger charge is 2.32. The Bertz CT molecular complexity index is 715. The van der Waals surface area contributed by atoms with Gasteiger partial charge in [-0.1, -0.05) is 29.8 Å². The topological polar surface area (TPSA) is 87.7 Å². The molecule has 0 fully saturated rings. The lowest BCUT2D eigenvalue weighted by Gasteiger charge is -2.33. The third-order valence-corrected chi connectivity index (χ3v) is 3.90. The van der Waals surface area contributed by atoms with Crippen LogP contribution in [-0.4, -0.2) is 47.0 Å². The number of nitrogens with zero attached hydrogens (tertiary/aromatic N) is 1. The lowest BCUT2D eigenvalue weighted by atomic mass is 10.0. The van der Waals surface area contributed by atoms with Gasteiger partial charge in [0.15, 0.2) is 0 Å². The lowest BCUT2D eigenvalue weighted by Crippen LogP contribution is -2.51. The van der Waals surface area contributed by atoms with Gasteiger partial charge < -0.3 is 20.3 Å². The van der Waals surface area contributed by atoms with Gasteiger partial charge in [-0.25, -0.2) is 4.79 Å². The lowest BCUT2D eigenvalue weighted by molar-refractivity contribution is -0.140. The number of nitrogens with one attached hydrogen (secondary N) is 2. The number of ether oxygens (including phenoxy) is 1. The number of amides is 3. The molecule has 7 heteroatoms. The Labute approximate surface area is 174 Å². The quantitative estimate of drug-likeness (QED) is 0.760. The molecule has 0 heterocycles. The van der Waals surface area contributed by atoms with Gasteiger partial charge in [-0.2, -0.15) is 0 Å². The summed E-state index contributed by atoms with van der Waals surface area (Å²) in [6.45, 7) is 14.7. The van der Waals surface area contributed by atoms with Gasteiger partial charge in [-0.05, 0) is 61.0 Å². The van der Waals surface area contributed by atoms with Crippen LogP contribution in [-0.2, 0) is 14.3 Å². The maximum Gasteiger partial charge on any atom is 0.408 e. The van der Waals surface area contributed by atoms with Crippen LogP contribution in [0, 0.1) is 6.92 Å². The van der Waals surface area contributed by atoms with Crippen LogP contribution in [0.3, 0.4) is 0 Å². The smallest absolute Gasteiger partial charge is 0.408 e. The van der Waals surface area contributed by atoms with Crippen LogP contribution in [0.2, 0.25) is 0 Å². The fourth-order valence-corrected chi connectivity index (χ4v) is 2.73. The first-order valence-corrected chi connectivity index (χ1v) is 9.88. The molecule has 0 aliphatic carbocycles. The Morgan fingerprint density at radius 3 is 2.03 bits per heavy atom. The van der Waals surface area contributed by atoms with Crippen LogP contribution in [0.1, 0.15) is 65.6 Å². The SMILES string of the molecule is CCN(C(=O)CNC(=O)OC(C)(C)C)C(C(=O)NC(C)(C)C)c1ccc(C)cc1. The van der Waals surface area contributed by atoms with Gasteiger partial charge in [0.25, 0.3) is 0 Å². The van der Waals surface area contributed by atoms with Crippen LogP contribution < -0.4 is 10.6 Å². The first-order chi connectivity index (χ1) is 13.2. The predicted octanol–water partition coefficient (Wildman–Crippen LogP) is 3.32. The number of hydrogen-bond acceptors (Lipinski definition) is 4. The summed E-state index contributed by atoms with van der Waals surface area (Å²) in [5.41, 5.74) is 0.667. The Kier molecular flexibility index (Phi) is 8.24. The van der Waals surface area contributed by atoms with E-state index in [0.29, 0.717) is 12.1 Å². The van der Waals surface area contributed by atoms with E-state index in [9.17, 15) is 14.4 Å². The zero-order valence-corrected chi connectivity index (χ0v) is 18.9. The number of benzene rings is 1. The fourth-order valence-electron chi connectivity index (χ4n) is 2.73. The number of alkyl carbamates (subject to hydrolysis) is 1. The molecule has 0 aromatic heterocycles. The van der Waals surface area contributed by atoms with Crippen molar-refractivity contribution in [3.05, 3.63) is 35.4 Å². The van der Waals surface area contributed by atoms with Gasteiger partial charge in [0.2, 0.25) is 11.8 Å². The number of hydrogen-bond donors (Lipinski definition) is 2. The molecule has 0 aliphatic heterocycles. The minimum atomic E-state index is -0.798. The maximum absolute atomic E-state index is 13.1. The molecule has 1 rings (SSSR count). The Morgan fingerprint density at radius 2 is 1.59 bits per heavy atom. The molecule has 162 valence electrons. The van der Waals surface area contributed by atoms with Crippen molar-refractivity contribution in [2.24, 2.45) is 0 Å². The average molecular weight is 406 g/mol. The van der Waals surface area contributed by atoms with E-state index in [-0.39, 0.29) is 18.4 Å². The fraction of sp³-hybridized carbons (Fsp3) is 0.591. The molecule has 1 aromatic rings. The monoisotopic (exact) mass is 405 g/mol. The highest BCUT2D eigenvalue weighted by atomic mass is 16.6. The molecule has 0 radical (unpaired) electrons. The van der Waals surface area contributed by atoms with Crippen molar-refractivity contribution in [1.82, 2.24) is 15.5 Å². The molecule has 1 atom stereocenters. The molecule has 1 unspecified atom stereocenters. The summed E-state index contributed by atoms with van der Waals surface area (Å²) in [6, 6.07) is 6.71. The Hall–Kier alpha value is -2.57. The number of carbonyl (C=O) groups is 3. The summed E-state index contributed by atoms with van der Waals surface area (Å²) >= 11 is 0. The van der Waals surface area contributed by atoms with E-state index in [2.05, 4.69) is 10.6 Å². The zero-order chi connectivity index (χ0) is 22.4. The normalized spacial score (nSPS) is 12.7. The van der Waals surface area contributed by atoms with E-state index in [4.69, 9.17) is 4.74 Å². The molecule has 1 aromatic carbocycles. The standard InChI is InChI=1S/C22H35N3O4/c1-9-25(17(26)14-23-20(28)29-22(6,7)8)18(19(27)24-21(3,4)5)16-12-10-15(2)11-13-16/h10-13,18H,9,14H2,1-8H3,(H,23,28)(H,24,27). The molecule has 0 bridgehead atoms. The second-order valence-corrected chi connectivity index (χ2v) is 9.09. The van der Waals surface area contributed by atoms with E-state index in [1.807, 2.05) is 52.0 Å². The average Bonchev–Trinajstić information content (AvgIpc) is 2.55. The molecule has 0 saturated carbocycles. The Morgan fingerprint density at radius 1 is 1.03 bits per heavy atom. The second kappa shape index (κ2) is 9.76. The third-order valence-electron chi connectivity index (χ3n) is 3.90. The first-order valence-electron chi connectivity index (χ1n) is 9.88. The van der Waals surface area contributed by atoms with Crippen molar-refractivity contribution in [3.63, 3.8) is 0 Å². The number of aryl methyl sites for hydroxylation is 1. The molecule has 29 heavy (non-hydrogen) atoms. The van der Waals surface area contributed by atoms with E-state index in [1.54, 1.807) is 27.7 Å². The van der Waals surface area contributed by atoms with Gasteiger partial charge in [0.1, 0.15) is 18.2 Å². The highest BCUT2D eigenvalue weighted by Crippen LogP contribution is 2.23. The summed E-state index contributed by atoms with van der Waals surface area (Å²) < 4.78 is 5.17. The van der Waals surface area contributed by atoms with Gasteiger partial charge in [0, 0.05) is 12.1 Å². The highest BCUT2D eigenvalue weighted by molar-refractivity contribution is 5.90. The molecule has 0 aliphatic rings. The second-order valence-electron chi connectivity index (χ2n) is 9.09. The van der Waals surface area contributed by atoms with Crippen LogP contribution in [0.4, 0.5) is 4.79 Å². The van der Waals surface area contributed by atoms with E-state index >= 15 is 0 Å². The van der Waals surface area contributed by atoms with Crippen LogP contribution in [0.15, 0.2) is 24.3 Å². The van der Waals surface area contributed by atoms with Gasteiger partial charge in [-0.15, -0.1) is 0 Å². The van der Waals surface area contributed by atoms with Gasteiger partial charge in [-0.3, -0.25) is 9.59 Å². The summed E-state index contributed by atoms with van der Waals surface area (Å²) in [5.74, 6) is -0.637. The van der Waals surface area contributed by atoms with Crippen molar-refractivity contribution in [1.29, 1.82) is 0 Å². The van der Waals surface area contributed by atoms with E-state index in [1.165, 1.54) is 4.90 Å². The van der Waals surface area contributed by atoms with Crippen LogP contribution in [0.25, 0.3) is 0 Å². The van der Waals surface area contributed by atoms with Crippen molar-refractivity contribution in [2.45, 2.75) is 72.6 Å². The molecular formula is C22H35N3O4. The zero-order valence-electron chi connectivity index (χ0n) is 18.9. The minimum absolute atomic E-state index is 0.256. The summed E-state index contributed by atoms with van der Waals surface area (Å²) in [5, 5.41) is 5.43. The first kappa shape index (κ1) is 24.5. The van der Waals surface area contributed by atoms with E-state index in [0.717, 1.165) is 5.56 Å². The molecule has 0 spiro atoms. The third kappa shape index (κ3) is 8.54. The van der Waals surface area contributed by atoms with Crippen LogP contribution in [0.5, 0.6) is 0 Å². The van der Waals surface area contributed by atoms with Crippen molar-refractivity contribution in [2.75, 3.05) is 13.1 Å². The van der Waals surface area contributed by atoms with E-state index < -0.39 is 23.3 Å². The van der Waals surface area contributed by atoms with Crippen molar-refractivity contribution < 1.29 is 19.1 Å². The molecule has 3 amide bonds. The maximum atomic E-state index is 13.1. The number of carbonyl (C=O) groups excluding carboxylic acids is 3. The van der Waals surface area contributed by atoms with Gasteiger partial charge in [0.05, 0.1) is 0 Å². The molecule has 7 nitrogen and oxygen atoms in total. The number of likely N-dealkylation sites (N-methyl/N-ethyl adjacent to an activating group) is 1. The van der Waals surface area contributed by atoms with Crippen molar-refractivity contribution in [3.8, 4) is 0 Å². The summed E-state index contributed by atoms with van der Waals surface area (Å²) in [7, 11) is 0. The molecular weight excluding hydrogens is 370 g/mol. The minimum Gasteiger partial charge on any atom is -0.444 e.